The molecule has 2 aromatic carbocycles. The Hall–Kier alpha value is -2.99. The molecule has 0 atom stereocenters. The number of halogens is 1. The quantitative estimate of drug-likeness (QED) is 0.537. The van der Waals surface area contributed by atoms with Crippen molar-refractivity contribution in [3.8, 4) is 0 Å². The first-order valence-corrected chi connectivity index (χ1v) is 10.6. The first-order valence-electron chi connectivity index (χ1n) is 10.2. The molecule has 1 aliphatic rings. The molecule has 6 nitrogen and oxygen atoms in total. The lowest BCUT2D eigenvalue weighted by molar-refractivity contribution is -0.123. The van der Waals surface area contributed by atoms with E-state index in [-0.39, 0.29) is 23.6 Å². The van der Waals surface area contributed by atoms with Crippen molar-refractivity contribution in [3.63, 3.8) is 0 Å². The van der Waals surface area contributed by atoms with Crippen molar-refractivity contribution < 1.29 is 9.59 Å². The van der Waals surface area contributed by atoms with Gasteiger partial charge in [-0.2, -0.15) is 0 Å². The van der Waals surface area contributed by atoms with E-state index in [1.54, 1.807) is 36.2 Å². The molecule has 1 aliphatic carbocycles. The smallest absolute Gasteiger partial charge is 0.260 e. The lowest BCUT2D eigenvalue weighted by Crippen LogP contribution is -2.33. The van der Waals surface area contributed by atoms with Gasteiger partial charge in [0.25, 0.3) is 5.91 Å². The molecule has 0 spiro atoms. The molecule has 3 aromatic rings. The fraction of sp³-hybridized carbons (Fsp3) is 0.304. The number of nitrogens with zero attached hydrogens (tertiary/aromatic N) is 1. The van der Waals surface area contributed by atoms with E-state index >= 15 is 0 Å². The highest BCUT2D eigenvalue weighted by Gasteiger charge is 2.25. The number of aromatic amines is 1. The number of benzene rings is 2. The minimum Gasteiger partial charge on any atom is -0.385 e. The summed E-state index contributed by atoms with van der Waals surface area (Å²) in [4.78, 5) is 30.5. The van der Waals surface area contributed by atoms with Gasteiger partial charge in [0, 0.05) is 40.3 Å². The largest absolute Gasteiger partial charge is 0.385 e. The Kier molecular flexibility index (Phi) is 5.68. The van der Waals surface area contributed by atoms with Gasteiger partial charge in [0.2, 0.25) is 5.91 Å². The number of nitrogens with one attached hydrogen (secondary N) is 2. The number of H-pyrrole nitrogens is 1. The SMILES string of the molecule is CN(C(=O)C1CCCCC1)c1ccc2c(C(=O)Nc3ccc(Cl)cc3)c(N)[nH]c2c1. The average molecular weight is 425 g/mol. The standard InChI is InChI=1S/C23H25ClN4O2/c1-28(23(30)14-5-3-2-4-6-14)17-11-12-18-19(13-17)27-21(25)20(18)22(29)26-16-9-7-15(24)8-10-16/h7-14,27H,2-6,25H2,1H3,(H,26,29). The topological polar surface area (TPSA) is 91.2 Å². The molecule has 7 heteroatoms. The Balaban J connectivity index is 1.58. The summed E-state index contributed by atoms with van der Waals surface area (Å²) in [5.41, 5.74) is 8.63. The lowest BCUT2D eigenvalue weighted by atomic mass is 9.88. The third-order valence-electron chi connectivity index (χ3n) is 5.81. The van der Waals surface area contributed by atoms with Crippen molar-refractivity contribution in [3.05, 3.63) is 53.1 Å². The molecule has 0 saturated heterocycles. The van der Waals surface area contributed by atoms with Crippen molar-refractivity contribution in [2.45, 2.75) is 32.1 Å². The third kappa shape index (κ3) is 4.00. The van der Waals surface area contributed by atoms with Crippen LogP contribution in [-0.4, -0.2) is 23.8 Å². The van der Waals surface area contributed by atoms with E-state index in [1.807, 2.05) is 18.2 Å². The van der Waals surface area contributed by atoms with Gasteiger partial charge in [-0.15, -0.1) is 0 Å². The van der Waals surface area contributed by atoms with Gasteiger partial charge < -0.3 is 20.9 Å². The number of nitrogens with two attached hydrogens (primary N) is 1. The predicted molar refractivity (Wildman–Crippen MR) is 122 cm³/mol. The van der Waals surface area contributed by atoms with Crippen LogP contribution in [0.4, 0.5) is 17.2 Å². The molecule has 30 heavy (non-hydrogen) atoms. The average Bonchev–Trinajstić information content (AvgIpc) is 3.09. The summed E-state index contributed by atoms with van der Waals surface area (Å²) < 4.78 is 0. The van der Waals surface area contributed by atoms with Crippen molar-refractivity contribution in [2.24, 2.45) is 5.92 Å². The van der Waals surface area contributed by atoms with E-state index in [0.29, 0.717) is 21.7 Å². The van der Waals surface area contributed by atoms with E-state index < -0.39 is 0 Å². The van der Waals surface area contributed by atoms with Gasteiger partial charge in [-0.3, -0.25) is 9.59 Å². The summed E-state index contributed by atoms with van der Waals surface area (Å²) in [6.07, 6.45) is 5.35. The molecule has 2 amide bonds. The van der Waals surface area contributed by atoms with Crippen LogP contribution in [0.3, 0.4) is 0 Å². The number of aromatic nitrogens is 1. The van der Waals surface area contributed by atoms with Crippen LogP contribution in [0.1, 0.15) is 42.5 Å². The maximum Gasteiger partial charge on any atom is 0.260 e. The molecule has 4 N–H and O–H groups in total. The molecule has 1 heterocycles. The molecule has 1 aromatic heterocycles. The number of rotatable bonds is 4. The number of amides is 2. The van der Waals surface area contributed by atoms with Crippen LogP contribution in [0, 0.1) is 5.92 Å². The Labute approximate surface area is 180 Å². The van der Waals surface area contributed by atoms with Gasteiger partial charge in [0.1, 0.15) is 5.82 Å². The van der Waals surface area contributed by atoms with E-state index in [0.717, 1.165) is 36.9 Å². The number of hydrogen-bond donors (Lipinski definition) is 3. The van der Waals surface area contributed by atoms with Crippen LogP contribution in [0.15, 0.2) is 42.5 Å². The van der Waals surface area contributed by atoms with Crippen molar-refractivity contribution in [1.82, 2.24) is 4.98 Å². The molecule has 1 fully saturated rings. The lowest BCUT2D eigenvalue weighted by Gasteiger charge is -2.26. The Bertz CT molecular complexity index is 1080. The van der Waals surface area contributed by atoms with Crippen molar-refractivity contribution in [1.29, 1.82) is 0 Å². The molecular weight excluding hydrogens is 400 g/mol. The minimum absolute atomic E-state index is 0.0915. The first-order chi connectivity index (χ1) is 14.4. The first kappa shape index (κ1) is 20.3. The zero-order valence-electron chi connectivity index (χ0n) is 16.9. The molecular formula is C23H25ClN4O2. The van der Waals surface area contributed by atoms with E-state index in [9.17, 15) is 9.59 Å². The molecule has 4 rings (SSSR count). The van der Waals surface area contributed by atoms with Crippen LogP contribution in [-0.2, 0) is 4.79 Å². The second-order valence-electron chi connectivity index (χ2n) is 7.84. The van der Waals surface area contributed by atoms with Crippen molar-refractivity contribution in [2.75, 3.05) is 23.0 Å². The molecule has 156 valence electrons. The van der Waals surface area contributed by atoms with Gasteiger partial charge >= 0.3 is 0 Å². The Morgan fingerprint density at radius 3 is 2.50 bits per heavy atom. The molecule has 1 saturated carbocycles. The molecule has 0 bridgehead atoms. The van der Waals surface area contributed by atoms with E-state index in [1.165, 1.54) is 6.42 Å². The minimum atomic E-state index is -0.305. The number of nitrogen functional groups attached to an aromatic ring is 1. The van der Waals surface area contributed by atoms with Gasteiger partial charge in [0.05, 0.1) is 5.56 Å². The Morgan fingerprint density at radius 1 is 1.10 bits per heavy atom. The van der Waals surface area contributed by atoms with Crippen LogP contribution in [0.2, 0.25) is 5.02 Å². The number of carbonyl (C=O) groups excluding carboxylic acids is 2. The maximum atomic E-state index is 12.9. The van der Waals surface area contributed by atoms with Crippen LogP contribution in [0.5, 0.6) is 0 Å². The summed E-state index contributed by atoms with van der Waals surface area (Å²) in [6, 6.07) is 12.4. The van der Waals surface area contributed by atoms with Crippen LogP contribution >= 0.6 is 11.6 Å². The number of fused-ring (bicyclic) bond motifs is 1. The zero-order chi connectivity index (χ0) is 21.3. The summed E-state index contributed by atoms with van der Waals surface area (Å²) >= 11 is 5.90. The normalized spacial score (nSPS) is 14.6. The highest BCUT2D eigenvalue weighted by Crippen LogP contribution is 2.31. The molecule has 0 unspecified atom stereocenters. The second-order valence-corrected chi connectivity index (χ2v) is 8.27. The highest BCUT2D eigenvalue weighted by molar-refractivity contribution is 6.30. The molecule has 0 aliphatic heterocycles. The summed E-state index contributed by atoms with van der Waals surface area (Å²) in [7, 11) is 1.80. The monoisotopic (exact) mass is 424 g/mol. The zero-order valence-corrected chi connectivity index (χ0v) is 17.6. The fourth-order valence-corrected chi connectivity index (χ4v) is 4.26. The van der Waals surface area contributed by atoms with Gasteiger partial charge in [0.15, 0.2) is 0 Å². The Morgan fingerprint density at radius 2 is 1.80 bits per heavy atom. The predicted octanol–water partition coefficient (Wildman–Crippen LogP) is 5.20. The second kappa shape index (κ2) is 8.40. The van der Waals surface area contributed by atoms with Gasteiger partial charge in [-0.1, -0.05) is 30.9 Å². The van der Waals surface area contributed by atoms with Crippen LogP contribution < -0.4 is 16.0 Å². The molecule has 0 radical (unpaired) electrons. The van der Waals surface area contributed by atoms with E-state index in [4.69, 9.17) is 17.3 Å². The number of hydrogen-bond acceptors (Lipinski definition) is 3. The summed E-state index contributed by atoms with van der Waals surface area (Å²) in [5, 5.41) is 4.15. The highest BCUT2D eigenvalue weighted by atomic mass is 35.5. The van der Waals surface area contributed by atoms with Crippen molar-refractivity contribution >= 4 is 51.5 Å². The number of carbonyl (C=O) groups is 2. The van der Waals surface area contributed by atoms with Gasteiger partial charge in [-0.05, 0) is 55.3 Å². The maximum absolute atomic E-state index is 12.9. The third-order valence-corrected chi connectivity index (χ3v) is 6.06. The summed E-state index contributed by atoms with van der Waals surface area (Å²) in [5.74, 6) is 0.221. The van der Waals surface area contributed by atoms with Gasteiger partial charge in [-0.25, -0.2) is 0 Å². The fourth-order valence-electron chi connectivity index (χ4n) is 4.14. The van der Waals surface area contributed by atoms with Crippen LogP contribution in [0.25, 0.3) is 10.9 Å². The number of anilines is 3. The van der Waals surface area contributed by atoms with E-state index in [2.05, 4.69) is 10.3 Å². The summed E-state index contributed by atoms with van der Waals surface area (Å²) in [6.45, 7) is 0.